The van der Waals surface area contributed by atoms with Crippen molar-refractivity contribution in [2.75, 3.05) is 20.1 Å². The van der Waals surface area contributed by atoms with Crippen LogP contribution in [-0.4, -0.2) is 31.1 Å². The van der Waals surface area contributed by atoms with E-state index < -0.39 is 0 Å². The summed E-state index contributed by atoms with van der Waals surface area (Å²) in [6.45, 7) is 8.06. The fourth-order valence-electron chi connectivity index (χ4n) is 4.62. The normalized spacial score (nSPS) is 23.5. The molecule has 0 N–H and O–H groups in total. The standard InChI is InChI=1S/C22H27N2/c1-17(2)24(16-18-9-5-4-6-10-18)21-12-8-7-11-19(21)20-15-23(3)14-13-22(20)24/h4-12,17H,13-16H2,1-3H3/q+1/t24-/m0/s1. The summed E-state index contributed by atoms with van der Waals surface area (Å²) in [6.07, 6.45) is 1.17. The second-order valence-corrected chi connectivity index (χ2v) is 7.54. The first-order valence-electron chi connectivity index (χ1n) is 9.05. The van der Waals surface area contributed by atoms with Gasteiger partial charge in [0, 0.05) is 42.3 Å². The fourth-order valence-corrected chi connectivity index (χ4v) is 4.62. The Morgan fingerprint density at radius 2 is 1.71 bits per heavy atom. The zero-order valence-electron chi connectivity index (χ0n) is 15.0. The Morgan fingerprint density at radius 3 is 2.46 bits per heavy atom. The SMILES string of the molecule is CC(C)[N@+]1(Cc2ccccc2)C2=C(CN(C)CC2)c2ccccc21. The Kier molecular flexibility index (Phi) is 3.82. The molecule has 4 rings (SSSR count). The maximum Gasteiger partial charge on any atom is 0.145 e. The van der Waals surface area contributed by atoms with Gasteiger partial charge in [0.2, 0.25) is 0 Å². The van der Waals surface area contributed by atoms with Crippen molar-refractivity contribution in [2.45, 2.75) is 32.9 Å². The molecule has 0 bridgehead atoms. The number of rotatable bonds is 3. The molecule has 0 aliphatic carbocycles. The minimum absolute atomic E-state index is 0.530. The van der Waals surface area contributed by atoms with Gasteiger partial charge in [0.25, 0.3) is 0 Å². The Morgan fingerprint density at radius 1 is 1.00 bits per heavy atom. The molecular weight excluding hydrogens is 292 g/mol. The highest BCUT2D eigenvalue weighted by molar-refractivity contribution is 5.87. The average Bonchev–Trinajstić information content (AvgIpc) is 2.87. The molecule has 2 heterocycles. The van der Waals surface area contributed by atoms with Crippen LogP contribution in [0.5, 0.6) is 0 Å². The molecule has 124 valence electrons. The summed E-state index contributed by atoms with van der Waals surface area (Å²) in [6, 6.07) is 20.6. The summed E-state index contributed by atoms with van der Waals surface area (Å²) < 4.78 is 1.00. The van der Waals surface area contributed by atoms with Crippen LogP contribution < -0.4 is 4.48 Å². The maximum atomic E-state index is 2.46. The molecular formula is C22H27N2+. The Labute approximate surface area is 145 Å². The summed E-state index contributed by atoms with van der Waals surface area (Å²) in [5.41, 5.74) is 7.62. The Hall–Kier alpha value is -1.90. The zero-order chi connectivity index (χ0) is 16.7. The molecule has 0 aromatic heterocycles. The quantitative estimate of drug-likeness (QED) is 0.744. The van der Waals surface area contributed by atoms with Gasteiger partial charge in [-0.15, -0.1) is 0 Å². The lowest BCUT2D eigenvalue weighted by molar-refractivity contribution is 0.251. The summed E-state index contributed by atoms with van der Waals surface area (Å²) in [4.78, 5) is 2.46. The molecule has 2 aromatic rings. The van der Waals surface area contributed by atoms with Crippen molar-refractivity contribution >= 4 is 11.3 Å². The van der Waals surface area contributed by atoms with Crippen LogP contribution in [0.4, 0.5) is 5.69 Å². The third-order valence-corrected chi connectivity index (χ3v) is 5.80. The molecule has 24 heavy (non-hydrogen) atoms. The third kappa shape index (κ3) is 2.25. The lowest BCUT2D eigenvalue weighted by Gasteiger charge is -2.42. The molecule has 0 radical (unpaired) electrons. The van der Waals surface area contributed by atoms with Gasteiger partial charge < -0.3 is 4.90 Å². The van der Waals surface area contributed by atoms with E-state index in [-0.39, 0.29) is 0 Å². The van der Waals surface area contributed by atoms with Gasteiger partial charge in [0.15, 0.2) is 0 Å². The van der Waals surface area contributed by atoms with Gasteiger partial charge in [-0.2, -0.15) is 0 Å². The minimum Gasteiger partial charge on any atom is -0.301 e. The monoisotopic (exact) mass is 319 g/mol. The molecule has 1 atom stereocenters. The molecule has 0 unspecified atom stereocenters. The molecule has 2 heteroatoms. The van der Waals surface area contributed by atoms with E-state index in [4.69, 9.17) is 0 Å². The van der Waals surface area contributed by atoms with Crippen LogP contribution in [0.1, 0.15) is 31.4 Å². The topological polar surface area (TPSA) is 3.24 Å². The van der Waals surface area contributed by atoms with Crippen molar-refractivity contribution < 1.29 is 0 Å². The van der Waals surface area contributed by atoms with Crippen LogP contribution in [0, 0.1) is 0 Å². The predicted molar refractivity (Wildman–Crippen MR) is 103 cm³/mol. The number of benzene rings is 2. The predicted octanol–water partition coefficient (Wildman–Crippen LogP) is 4.66. The van der Waals surface area contributed by atoms with Gasteiger partial charge in [-0.3, -0.25) is 4.48 Å². The molecule has 0 saturated carbocycles. The van der Waals surface area contributed by atoms with E-state index >= 15 is 0 Å². The van der Waals surface area contributed by atoms with Gasteiger partial charge in [0.1, 0.15) is 17.9 Å². The van der Waals surface area contributed by atoms with Crippen LogP contribution in [0.25, 0.3) is 5.57 Å². The van der Waals surface area contributed by atoms with E-state index in [1.54, 1.807) is 11.3 Å². The van der Waals surface area contributed by atoms with Crippen LogP contribution in [0.2, 0.25) is 0 Å². The number of hydrogen-bond donors (Lipinski definition) is 0. The first-order valence-corrected chi connectivity index (χ1v) is 9.05. The molecule has 2 nitrogen and oxygen atoms in total. The number of para-hydroxylation sites is 1. The van der Waals surface area contributed by atoms with Crippen molar-refractivity contribution in [1.82, 2.24) is 9.38 Å². The number of hydrogen-bond acceptors (Lipinski definition) is 1. The highest BCUT2D eigenvalue weighted by atomic mass is 15.4. The fraction of sp³-hybridized carbons (Fsp3) is 0.364. The zero-order valence-corrected chi connectivity index (χ0v) is 15.0. The van der Waals surface area contributed by atoms with Crippen LogP contribution in [-0.2, 0) is 6.54 Å². The lowest BCUT2D eigenvalue weighted by atomic mass is 10.0. The van der Waals surface area contributed by atoms with Crippen molar-refractivity contribution in [3.8, 4) is 0 Å². The molecule has 0 fully saturated rings. The Balaban J connectivity index is 1.91. The van der Waals surface area contributed by atoms with Gasteiger partial charge in [0.05, 0.1) is 6.04 Å². The summed E-state index contributed by atoms with van der Waals surface area (Å²) >= 11 is 0. The van der Waals surface area contributed by atoms with Gasteiger partial charge in [-0.1, -0.05) is 42.5 Å². The molecule has 2 aromatic carbocycles. The molecule has 0 saturated heterocycles. The van der Waals surface area contributed by atoms with E-state index in [2.05, 4.69) is 80.4 Å². The smallest absolute Gasteiger partial charge is 0.145 e. The van der Waals surface area contributed by atoms with Crippen molar-refractivity contribution in [3.63, 3.8) is 0 Å². The summed E-state index contributed by atoms with van der Waals surface area (Å²) in [5.74, 6) is 0. The van der Waals surface area contributed by atoms with Crippen LogP contribution >= 0.6 is 0 Å². The van der Waals surface area contributed by atoms with E-state index in [9.17, 15) is 0 Å². The first-order chi connectivity index (χ1) is 11.6. The highest BCUT2D eigenvalue weighted by Crippen LogP contribution is 2.50. The first kappa shape index (κ1) is 15.6. The minimum atomic E-state index is 0.530. The second-order valence-electron chi connectivity index (χ2n) is 7.54. The third-order valence-electron chi connectivity index (χ3n) is 5.80. The van der Waals surface area contributed by atoms with Crippen LogP contribution in [0.3, 0.4) is 0 Å². The highest BCUT2D eigenvalue weighted by Gasteiger charge is 2.48. The summed E-state index contributed by atoms with van der Waals surface area (Å²) in [7, 11) is 2.24. The molecule has 0 amide bonds. The van der Waals surface area contributed by atoms with E-state index in [0.29, 0.717) is 6.04 Å². The van der Waals surface area contributed by atoms with E-state index in [1.807, 2.05) is 0 Å². The maximum absolute atomic E-state index is 2.46. The van der Waals surface area contributed by atoms with Crippen molar-refractivity contribution in [3.05, 3.63) is 71.4 Å². The van der Waals surface area contributed by atoms with Gasteiger partial charge in [-0.25, -0.2) is 0 Å². The van der Waals surface area contributed by atoms with Gasteiger partial charge in [-0.05, 0) is 27.0 Å². The van der Waals surface area contributed by atoms with Crippen molar-refractivity contribution in [2.24, 2.45) is 0 Å². The number of nitrogens with zero attached hydrogens (tertiary/aromatic N) is 2. The number of quaternary nitrogens is 1. The van der Waals surface area contributed by atoms with Gasteiger partial charge >= 0.3 is 0 Å². The summed E-state index contributed by atoms with van der Waals surface area (Å²) in [5, 5.41) is 0. The molecule has 2 aliphatic heterocycles. The lowest BCUT2D eigenvalue weighted by Crippen LogP contribution is -2.52. The Bertz CT molecular complexity index is 776. The largest absolute Gasteiger partial charge is 0.301 e. The number of likely N-dealkylation sites (N-methyl/N-ethyl adjacent to an activating group) is 1. The second kappa shape index (κ2) is 5.87. The van der Waals surface area contributed by atoms with Crippen LogP contribution in [0.15, 0.2) is 60.3 Å². The molecule has 0 spiro atoms. The number of fused-ring (bicyclic) bond motifs is 2. The average molecular weight is 319 g/mol. The van der Waals surface area contributed by atoms with E-state index in [0.717, 1.165) is 24.1 Å². The van der Waals surface area contributed by atoms with E-state index in [1.165, 1.54) is 23.2 Å². The molecule has 2 aliphatic rings. The van der Waals surface area contributed by atoms with Crippen molar-refractivity contribution in [1.29, 1.82) is 0 Å².